The van der Waals surface area contributed by atoms with Crippen LogP contribution in [0.5, 0.6) is 5.75 Å². The van der Waals surface area contributed by atoms with Crippen molar-refractivity contribution in [3.8, 4) is 5.75 Å². The van der Waals surface area contributed by atoms with Crippen molar-refractivity contribution in [3.05, 3.63) is 45.4 Å². The molecule has 1 aromatic heterocycles. The molecule has 2 atom stereocenters. The zero-order chi connectivity index (χ0) is 23.6. The number of amides is 1. The standard InChI is InChI=1S/C26H36N2O4S/c1-6-30-21-14-23(24-19(5)27-16-33-24)32-26(15-21)9-11-28(12-10-26)25(29)20-7-8-22(18(4)13-20)31-17(2)3/h7-8,13,16-17,21,23H,6,9-12,14-15H2,1-5H3. The van der Waals surface area contributed by atoms with Crippen molar-refractivity contribution >= 4 is 17.2 Å². The first-order valence-corrected chi connectivity index (χ1v) is 12.9. The van der Waals surface area contributed by atoms with Gasteiger partial charge in [0.25, 0.3) is 5.91 Å². The van der Waals surface area contributed by atoms with Crippen molar-refractivity contribution in [2.24, 2.45) is 0 Å². The molecule has 2 fully saturated rings. The molecule has 0 bridgehead atoms. The van der Waals surface area contributed by atoms with Crippen LogP contribution in [0, 0.1) is 13.8 Å². The van der Waals surface area contributed by atoms with Crippen molar-refractivity contribution in [2.45, 2.75) is 84.2 Å². The monoisotopic (exact) mass is 472 g/mol. The Morgan fingerprint density at radius 2 is 2.06 bits per heavy atom. The van der Waals surface area contributed by atoms with Crippen LogP contribution in [0.4, 0.5) is 0 Å². The van der Waals surface area contributed by atoms with E-state index in [-0.39, 0.29) is 29.8 Å². The van der Waals surface area contributed by atoms with E-state index >= 15 is 0 Å². The molecule has 1 aromatic carbocycles. The molecule has 0 saturated carbocycles. The lowest BCUT2D eigenvalue weighted by molar-refractivity contribution is -0.189. The molecule has 1 spiro atoms. The van der Waals surface area contributed by atoms with Gasteiger partial charge in [0.2, 0.25) is 0 Å². The molecule has 0 N–H and O–H groups in total. The van der Waals surface area contributed by atoms with Gasteiger partial charge >= 0.3 is 0 Å². The number of aromatic nitrogens is 1. The lowest BCUT2D eigenvalue weighted by Gasteiger charge is -2.48. The third-order valence-corrected chi connectivity index (χ3v) is 7.72. The normalized spacial score (nSPS) is 22.7. The Kier molecular flexibility index (Phi) is 7.41. The van der Waals surface area contributed by atoms with Crippen molar-refractivity contribution < 1.29 is 19.0 Å². The van der Waals surface area contributed by atoms with E-state index in [1.54, 1.807) is 11.3 Å². The number of aryl methyl sites for hydroxylation is 2. The third kappa shape index (κ3) is 5.42. The van der Waals surface area contributed by atoms with E-state index < -0.39 is 0 Å². The van der Waals surface area contributed by atoms with E-state index in [4.69, 9.17) is 14.2 Å². The van der Waals surface area contributed by atoms with Gasteiger partial charge in [0, 0.05) is 38.1 Å². The number of ether oxygens (including phenoxy) is 3. The van der Waals surface area contributed by atoms with Crippen molar-refractivity contribution in [1.82, 2.24) is 9.88 Å². The Hall–Kier alpha value is -1.96. The zero-order valence-corrected chi connectivity index (χ0v) is 21.2. The fourth-order valence-corrected chi connectivity index (χ4v) is 5.91. The molecule has 0 radical (unpaired) electrons. The van der Waals surface area contributed by atoms with Crippen LogP contribution in [0.15, 0.2) is 23.7 Å². The molecule has 33 heavy (non-hydrogen) atoms. The molecule has 1 amide bonds. The highest BCUT2D eigenvalue weighted by Crippen LogP contribution is 2.45. The molecule has 0 aliphatic carbocycles. The molecule has 2 aliphatic heterocycles. The number of carbonyl (C=O) groups is 1. The summed E-state index contributed by atoms with van der Waals surface area (Å²) in [6.45, 7) is 12.2. The minimum Gasteiger partial charge on any atom is -0.491 e. The highest BCUT2D eigenvalue weighted by Gasteiger charge is 2.45. The number of rotatable bonds is 6. The average Bonchev–Trinajstić information content (AvgIpc) is 3.21. The molecular formula is C26H36N2O4S. The van der Waals surface area contributed by atoms with Crippen LogP contribution < -0.4 is 4.74 Å². The van der Waals surface area contributed by atoms with Gasteiger partial charge in [0.1, 0.15) is 5.75 Å². The van der Waals surface area contributed by atoms with Crippen LogP contribution in [0.1, 0.15) is 79.1 Å². The predicted octanol–water partition coefficient (Wildman–Crippen LogP) is 5.48. The molecule has 3 heterocycles. The smallest absolute Gasteiger partial charge is 0.253 e. The van der Waals surface area contributed by atoms with E-state index in [0.717, 1.165) is 48.3 Å². The van der Waals surface area contributed by atoms with Crippen molar-refractivity contribution in [3.63, 3.8) is 0 Å². The highest BCUT2D eigenvalue weighted by atomic mass is 32.1. The van der Waals surface area contributed by atoms with Gasteiger partial charge < -0.3 is 19.1 Å². The van der Waals surface area contributed by atoms with Crippen molar-refractivity contribution in [1.29, 1.82) is 0 Å². The molecule has 2 aromatic rings. The maximum atomic E-state index is 13.2. The minimum absolute atomic E-state index is 0.0150. The first-order valence-electron chi connectivity index (χ1n) is 12.1. The molecule has 180 valence electrons. The lowest BCUT2D eigenvalue weighted by Crippen LogP contribution is -2.52. The van der Waals surface area contributed by atoms with Gasteiger partial charge in [-0.1, -0.05) is 0 Å². The molecule has 7 heteroatoms. The molecule has 2 unspecified atom stereocenters. The summed E-state index contributed by atoms with van der Waals surface area (Å²) in [5.41, 5.74) is 4.40. The van der Waals surface area contributed by atoms with Crippen LogP contribution >= 0.6 is 11.3 Å². The first kappa shape index (κ1) is 24.2. The molecule has 4 rings (SSSR count). The van der Waals surface area contributed by atoms with Crippen molar-refractivity contribution in [2.75, 3.05) is 19.7 Å². The number of thiazole rings is 1. The fraction of sp³-hybridized carbons (Fsp3) is 0.615. The van der Waals surface area contributed by atoms with Crippen LogP contribution in [0.3, 0.4) is 0 Å². The summed E-state index contributed by atoms with van der Waals surface area (Å²) in [6.07, 6.45) is 3.70. The summed E-state index contributed by atoms with van der Waals surface area (Å²) in [5.74, 6) is 0.914. The maximum Gasteiger partial charge on any atom is 0.253 e. The molecular weight excluding hydrogens is 436 g/mol. The number of likely N-dealkylation sites (tertiary alicyclic amines) is 1. The Balaban J connectivity index is 1.44. The quantitative estimate of drug-likeness (QED) is 0.557. The topological polar surface area (TPSA) is 60.9 Å². The Morgan fingerprint density at radius 1 is 1.30 bits per heavy atom. The van der Waals surface area contributed by atoms with Crippen LogP contribution in [0.2, 0.25) is 0 Å². The lowest BCUT2D eigenvalue weighted by atomic mass is 9.81. The average molecular weight is 473 g/mol. The molecule has 2 aliphatic rings. The van der Waals surface area contributed by atoms with Gasteiger partial charge in [-0.3, -0.25) is 4.79 Å². The predicted molar refractivity (Wildman–Crippen MR) is 130 cm³/mol. The minimum atomic E-state index is -0.249. The second kappa shape index (κ2) is 10.1. The van der Waals surface area contributed by atoms with Crippen LogP contribution in [0.25, 0.3) is 0 Å². The Morgan fingerprint density at radius 3 is 2.67 bits per heavy atom. The second-order valence-electron chi connectivity index (χ2n) is 9.55. The first-order chi connectivity index (χ1) is 15.8. The van der Waals surface area contributed by atoms with Crippen LogP contribution in [-0.2, 0) is 9.47 Å². The van der Waals surface area contributed by atoms with Gasteiger partial charge in [-0.2, -0.15) is 0 Å². The highest BCUT2D eigenvalue weighted by molar-refractivity contribution is 7.09. The fourth-order valence-electron chi connectivity index (χ4n) is 5.07. The zero-order valence-electron chi connectivity index (χ0n) is 20.4. The van der Waals surface area contributed by atoms with Gasteiger partial charge in [0.05, 0.1) is 40.0 Å². The SMILES string of the molecule is CCOC1CC(c2scnc2C)OC2(CCN(C(=O)c3ccc(OC(C)C)c(C)c3)CC2)C1. The summed E-state index contributed by atoms with van der Waals surface area (Å²) >= 11 is 1.67. The number of hydrogen-bond donors (Lipinski definition) is 0. The van der Waals surface area contributed by atoms with E-state index in [2.05, 4.69) is 11.9 Å². The largest absolute Gasteiger partial charge is 0.491 e. The maximum absolute atomic E-state index is 13.2. The second-order valence-corrected chi connectivity index (χ2v) is 10.4. The number of nitrogens with zero attached hydrogens (tertiary/aromatic N) is 2. The Labute approximate surface area is 201 Å². The number of hydrogen-bond acceptors (Lipinski definition) is 6. The van der Waals surface area contributed by atoms with Gasteiger partial charge in [-0.05, 0) is 71.2 Å². The number of benzene rings is 1. The summed E-state index contributed by atoms with van der Waals surface area (Å²) in [5, 5.41) is 0. The molecule has 2 saturated heterocycles. The number of carbonyl (C=O) groups excluding carboxylic acids is 1. The van der Waals surface area contributed by atoms with Crippen LogP contribution in [-0.4, -0.2) is 53.3 Å². The number of piperidine rings is 1. The van der Waals surface area contributed by atoms with E-state index in [0.29, 0.717) is 19.7 Å². The molecule has 6 nitrogen and oxygen atoms in total. The third-order valence-electron chi connectivity index (χ3n) is 6.69. The van der Waals surface area contributed by atoms with Gasteiger partial charge in [-0.25, -0.2) is 4.98 Å². The Bertz CT molecular complexity index is 965. The summed E-state index contributed by atoms with van der Waals surface area (Å²) < 4.78 is 18.7. The van der Waals surface area contributed by atoms with Gasteiger partial charge in [-0.15, -0.1) is 11.3 Å². The van der Waals surface area contributed by atoms with E-state index in [1.165, 1.54) is 4.88 Å². The summed E-state index contributed by atoms with van der Waals surface area (Å²) in [4.78, 5) is 20.8. The van der Waals surface area contributed by atoms with E-state index in [1.807, 2.05) is 56.3 Å². The van der Waals surface area contributed by atoms with Gasteiger partial charge in [0.15, 0.2) is 0 Å². The summed E-state index contributed by atoms with van der Waals surface area (Å²) in [7, 11) is 0. The van der Waals surface area contributed by atoms with E-state index in [9.17, 15) is 4.79 Å². The summed E-state index contributed by atoms with van der Waals surface area (Å²) in [6, 6.07) is 5.73.